The van der Waals surface area contributed by atoms with Crippen molar-refractivity contribution in [3.8, 4) is 0 Å². The van der Waals surface area contributed by atoms with Crippen molar-refractivity contribution in [1.29, 1.82) is 0 Å². The maximum absolute atomic E-state index is 2.43. The van der Waals surface area contributed by atoms with Gasteiger partial charge in [0.05, 0.1) is 0 Å². The second-order valence-corrected chi connectivity index (χ2v) is 17.6. The summed E-state index contributed by atoms with van der Waals surface area (Å²) < 4.78 is 0. The minimum absolute atomic E-state index is 0.818. The summed E-state index contributed by atoms with van der Waals surface area (Å²) in [6, 6.07) is 0. The van der Waals surface area contributed by atoms with Crippen LogP contribution in [0, 0.1) is 51.8 Å². The first-order valence-electron chi connectivity index (χ1n) is 18.6. The van der Waals surface area contributed by atoms with E-state index in [1.165, 1.54) is 77.0 Å². The predicted molar refractivity (Wildman–Crippen MR) is 173 cm³/mol. The molecule has 6 aliphatic rings. The van der Waals surface area contributed by atoms with E-state index in [0.29, 0.717) is 0 Å². The maximum Gasteiger partial charge on any atom is -0.0297 e. The minimum Gasteiger partial charge on any atom is -0.0625 e. The van der Waals surface area contributed by atoms with Crippen LogP contribution in [0.1, 0.15) is 196 Å². The molecule has 0 radical (unpaired) electrons. The lowest BCUT2D eigenvalue weighted by molar-refractivity contribution is 0.0833. The Morgan fingerprint density at radius 3 is 0.436 bits per heavy atom. The summed E-state index contributed by atoms with van der Waals surface area (Å²) in [5.74, 6) is 6.11. The lowest BCUT2D eigenvalue weighted by Gasteiger charge is -2.44. The van der Waals surface area contributed by atoms with Gasteiger partial charge >= 0.3 is 0 Å². The molecule has 6 fully saturated rings. The molecule has 0 aliphatic heterocycles. The monoisotopic (exact) mass is 541 g/mol. The first-order chi connectivity index (χ1) is 18.6. The normalized spacial score (nSPS) is 46.6. The van der Waals surface area contributed by atoms with Gasteiger partial charge in [-0.3, -0.25) is 0 Å². The third-order valence-electron chi connectivity index (χ3n) is 14.0. The van der Waals surface area contributed by atoms with E-state index in [9.17, 15) is 0 Å². The largest absolute Gasteiger partial charge is 0.0625 e. The quantitative estimate of drug-likeness (QED) is 0.286. The topological polar surface area (TPSA) is 0 Å². The molecule has 0 amide bonds. The SMILES string of the molecule is CC1CCC2(CC1)CCC(C)CC2.CC1CCC2(CC1)CCC(C)CC2.CC1CCC2(CC1)CCC(C)CC2. The Morgan fingerprint density at radius 1 is 0.231 bits per heavy atom. The van der Waals surface area contributed by atoms with Gasteiger partial charge in [0.1, 0.15) is 0 Å². The van der Waals surface area contributed by atoms with Gasteiger partial charge in [-0.2, -0.15) is 0 Å². The fourth-order valence-electron chi connectivity index (χ4n) is 9.75. The molecule has 0 bridgehead atoms. The lowest BCUT2D eigenvalue weighted by atomic mass is 9.62. The van der Waals surface area contributed by atoms with Gasteiger partial charge in [-0.05, 0) is 129 Å². The third kappa shape index (κ3) is 9.50. The molecule has 0 N–H and O–H groups in total. The van der Waals surface area contributed by atoms with Crippen LogP contribution in [0.2, 0.25) is 0 Å². The van der Waals surface area contributed by atoms with E-state index >= 15 is 0 Å². The summed E-state index contributed by atoms with van der Waals surface area (Å²) >= 11 is 0. The van der Waals surface area contributed by atoms with Crippen LogP contribution in [0.4, 0.5) is 0 Å². The minimum atomic E-state index is 0.818. The Balaban J connectivity index is 0.000000136. The Hall–Kier alpha value is 0. The molecule has 0 saturated heterocycles. The molecule has 0 atom stereocenters. The molecule has 0 aromatic rings. The molecular formula is C39H72. The van der Waals surface area contributed by atoms with Gasteiger partial charge in [0.2, 0.25) is 0 Å². The zero-order valence-corrected chi connectivity index (χ0v) is 27.9. The Bertz CT molecular complexity index is 489. The first kappa shape index (κ1) is 31.9. The molecule has 0 nitrogen and oxygen atoms in total. The molecule has 39 heavy (non-hydrogen) atoms. The molecule has 0 heterocycles. The summed E-state index contributed by atoms with van der Waals surface area (Å²) in [7, 11) is 0. The van der Waals surface area contributed by atoms with Crippen molar-refractivity contribution in [2.75, 3.05) is 0 Å². The second-order valence-electron chi connectivity index (χ2n) is 17.6. The Labute approximate surface area is 247 Å². The summed E-state index contributed by atoms with van der Waals surface area (Å²) in [6.45, 7) is 14.6. The van der Waals surface area contributed by atoms with Crippen LogP contribution in [-0.4, -0.2) is 0 Å². The van der Waals surface area contributed by atoms with Crippen molar-refractivity contribution in [3.05, 3.63) is 0 Å². The highest BCUT2D eigenvalue weighted by Crippen LogP contribution is 2.52. The fraction of sp³-hybridized carbons (Fsp3) is 1.00. The molecule has 6 saturated carbocycles. The van der Waals surface area contributed by atoms with E-state index in [-0.39, 0.29) is 0 Å². The van der Waals surface area contributed by atoms with Crippen LogP contribution < -0.4 is 0 Å². The standard InChI is InChI=1S/3C13H24/c3*1-11-3-7-13(8-4-11)9-5-12(2)6-10-13/h3*11-12H,3-10H2,1-2H3. The van der Waals surface area contributed by atoms with Gasteiger partial charge in [-0.1, -0.05) is 119 Å². The summed E-state index contributed by atoms with van der Waals surface area (Å²) in [5.41, 5.74) is 2.46. The van der Waals surface area contributed by atoms with Crippen molar-refractivity contribution in [2.24, 2.45) is 51.8 Å². The Kier molecular flexibility index (Phi) is 11.8. The van der Waals surface area contributed by atoms with Crippen LogP contribution in [-0.2, 0) is 0 Å². The predicted octanol–water partition coefficient (Wildman–Crippen LogP) is 13.2. The summed E-state index contributed by atoms with van der Waals surface area (Å²) in [5, 5.41) is 0. The molecular weight excluding hydrogens is 468 g/mol. The van der Waals surface area contributed by atoms with Crippen LogP contribution >= 0.6 is 0 Å². The van der Waals surface area contributed by atoms with E-state index < -0.39 is 0 Å². The summed E-state index contributed by atoms with van der Waals surface area (Å²) in [6.07, 6.45) is 36.6. The van der Waals surface area contributed by atoms with E-state index in [0.717, 1.165) is 51.8 Å². The van der Waals surface area contributed by atoms with Gasteiger partial charge in [0, 0.05) is 0 Å². The molecule has 228 valence electrons. The highest BCUT2D eigenvalue weighted by molar-refractivity contribution is 4.90. The molecule has 0 heteroatoms. The fourth-order valence-corrected chi connectivity index (χ4v) is 9.75. The Morgan fingerprint density at radius 2 is 0.333 bits per heavy atom. The van der Waals surface area contributed by atoms with Crippen molar-refractivity contribution in [1.82, 2.24) is 0 Å². The number of hydrogen-bond acceptors (Lipinski definition) is 0. The van der Waals surface area contributed by atoms with Crippen molar-refractivity contribution in [3.63, 3.8) is 0 Å². The van der Waals surface area contributed by atoms with Crippen molar-refractivity contribution < 1.29 is 0 Å². The van der Waals surface area contributed by atoms with Gasteiger partial charge in [0.25, 0.3) is 0 Å². The van der Waals surface area contributed by atoms with Crippen LogP contribution in [0.5, 0.6) is 0 Å². The maximum atomic E-state index is 2.43. The van der Waals surface area contributed by atoms with Gasteiger partial charge in [0.15, 0.2) is 0 Å². The zero-order valence-electron chi connectivity index (χ0n) is 27.9. The molecule has 6 aliphatic carbocycles. The highest BCUT2D eigenvalue weighted by atomic mass is 14.4. The average molecular weight is 541 g/mol. The molecule has 0 aromatic carbocycles. The van der Waals surface area contributed by atoms with E-state index in [2.05, 4.69) is 41.5 Å². The first-order valence-corrected chi connectivity index (χ1v) is 18.6. The molecule has 3 spiro atoms. The van der Waals surface area contributed by atoms with Gasteiger partial charge < -0.3 is 0 Å². The number of hydrogen-bond donors (Lipinski definition) is 0. The van der Waals surface area contributed by atoms with Crippen molar-refractivity contribution >= 4 is 0 Å². The van der Waals surface area contributed by atoms with E-state index in [4.69, 9.17) is 0 Å². The molecule has 0 aromatic heterocycles. The van der Waals surface area contributed by atoms with Crippen molar-refractivity contribution in [2.45, 2.75) is 196 Å². The van der Waals surface area contributed by atoms with Gasteiger partial charge in [-0.15, -0.1) is 0 Å². The van der Waals surface area contributed by atoms with E-state index in [1.807, 2.05) is 0 Å². The lowest BCUT2D eigenvalue weighted by Crippen LogP contribution is -2.30. The average Bonchev–Trinajstić information content (AvgIpc) is 2.95. The van der Waals surface area contributed by atoms with Gasteiger partial charge in [-0.25, -0.2) is 0 Å². The smallest absolute Gasteiger partial charge is 0.0297 e. The third-order valence-corrected chi connectivity index (χ3v) is 14.0. The number of rotatable bonds is 0. The van der Waals surface area contributed by atoms with Crippen LogP contribution in [0.15, 0.2) is 0 Å². The van der Waals surface area contributed by atoms with Crippen LogP contribution in [0.3, 0.4) is 0 Å². The highest BCUT2D eigenvalue weighted by Gasteiger charge is 2.38. The second kappa shape index (κ2) is 14.5. The van der Waals surface area contributed by atoms with Crippen LogP contribution in [0.25, 0.3) is 0 Å². The zero-order chi connectivity index (χ0) is 27.9. The van der Waals surface area contributed by atoms with E-state index in [1.54, 1.807) is 77.0 Å². The summed E-state index contributed by atoms with van der Waals surface area (Å²) in [4.78, 5) is 0. The molecule has 0 unspecified atom stereocenters. The molecule has 6 rings (SSSR count).